The zero-order valence-corrected chi connectivity index (χ0v) is 12.2. The molecule has 0 bridgehead atoms. The lowest BCUT2D eigenvalue weighted by Crippen LogP contribution is -2.34. The lowest BCUT2D eigenvalue weighted by Gasteiger charge is -2.29. The largest absolute Gasteiger partial charge is 0.497 e. The number of hydrogen-bond donors (Lipinski definition) is 2. The van der Waals surface area contributed by atoms with Crippen LogP contribution in [0.3, 0.4) is 0 Å². The summed E-state index contributed by atoms with van der Waals surface area (Å²) in [6.07, 6.45) is -3.46. The predicted octanol–water partition coefficient (Wildman–Crippen LogP) is 3.58. The SMILES string of the molecule is COc1ccc(N)c(NC(=O)C2CCCC(C(F)(F)F)C2)c1. The minimum absolute atomic E-state index is 0.0918. The number of nitrogen functional groups attached to an aromatic ring is 1. The Morgan fingerprint density at radius 1 is 1.36 bits per heavy atom. The Morgan fingerprint density at radius 3 is 2.73 bits per heavy atom. The highest BCUT2D eigenvalue weighted by molar-refractivity contribution is 5.95. The standard InChI is InChI=1S/C15H19F3N2O2/c1-22-11-5-6-12(19)13(8-11)20-14(21)9-3-2-4-10(7-9)15(16,17)18/h5-6,8-10H,2-4,7,19H2,1H3,(H,20,21). The summed E-state index contributed by atoms with van der Waals surface area (Å²) in [6, 6.07) is 4.77. The van der Waals surface area contributed by atoms with Crippen molar-refractivity contribution in [2.75, 3.05) is 18.2 Å². The summed E-state index contributed by atoms with van der Waals surface area (Å²) in [5, 5.41) is 2.62. The first-order valence-electron chi connectivity index (χ1n) is 7.12. The lowest BCUT2D eigenvalue weighted by molar-refractivity contribution is -0.185. The van der Waals surface area contributed by atoms with Crippen molar-refractivity contribution in [1.29, 1.82) is 0 Å². The molecule has 1 aromatic rings. The molecule has 1 fully saturated rings. The van der Waals surface area contributed by atoms with Crippen molar-refractivity contribution >= 4 is 17.3 Å². The van der Waals surface area contributed by atoms with Crippen LogP contribution >= 0.6 is 0 Å². The number of carbonyl (C=O) groups is 1. The van der Waals surface area contributed by atoms with Crippen LogP contribution in [0.5, 0.6) is 5.75 Å². The highest BCUT2D eigenvalue weighted by Gasteiger charge is 2.43. The van der Waals surface area contributed by atoms with Gasteiger partial charge < -0.3 is 15.8 Å². The first-order chi connectivity index (χ1) is 10.3. The van der Waals surface area contributed by atoms with E-state index in [-0.39, 0.29) is 12.8 Å². The van der Waals surface area contributed by atoms with Gasteiger partial charge in [-0.05, 0) is 31.4 Å². The molecule has 22 heavy (non-hydrogen) atoms. The van der Waals surface area contributed by atoms with E-state index in [4.69, 9.17) is 10.5 Å². The minimum atomic E-state index is -4.24. The van der Waals surface area contributed by atoms with Crippen molar-refractivity contribution in [3.63, 3.8) is 0 Å². The molecule has 2 atom stereocenters. The van der Waals surface area contributed by atoms with Crippen molar-refractivity contribution < 1.29 is 22.7 Å². The maximum Gasteiger partial charge on any atom is 0.391 e. The Balaban J connectivity index is 2.06. The number of rotatable bonds is 3. The first kappa shape index (κ1) is 16.5. The van der Waals surface area contributed by atoms with E-state index in [1.165, 1.54) is 7.11 Å². The summed E-state index contributed by atoms with van der Waals surface area (Å²) in [5.74, 6) is -1.96. The van der Waals surface area contributed by atoms with Gasteiger partial charge in [0, 0.05) is 12.0 Å². The lowest BCUT2D eigenvalue weighted by atomic mass is 9.80. The molecule has 7 heteroatoms. The first-order valence-corrected chi connectivity index (χ1v) is 7.12. The summed E-state index contributed by atoms with van der Waals surface area (Å²) in [5.41, 5.74) is 6.47. The third kappa shape index (κ3) is 3.84. The van der Waals surface area contributed by atoms with Gasteiger partial charge in [0.25, 0.3) is 0 Å². The summed E-state index contributed by atoms with van der Waals surface area (Å²) in [6.45, 7) is 0. The maximum atomic E-state index is 12.8. The number of hydrogen-bond acceptors (Lipinski definition) is 3. The van der Waals surface area contributed by atoms with E-state index in [1.807, 2.05) is 0 Å². The number of amides is 1. The molecule has 3 N–H and O–H groups in total. The van der Waals surface area contributed by atoms with Crippen LogP contribution in [0.15, 0.2) is 18.2 Å². The molecule has 1 amide bonds. The molecule has 0 spiro atoms. The van der Waals surface area contributed by atoms with Gasteiger partial charge in [0.2, 0.25) is 5.91 Å². The summed E-state index contributed by atoms with van der Waals surface area (Å²) in [4.78, 5) is 12.2. The third-order valence-electron chi connectivity index (χ3n) is 4.03. The molecule has 0 aromatic heterocycles. The predicted molar refractivity (Wildman–Crippen MR) is 77.5 cm³/mol. The number of methoxy groups -OCH3 is 1. The van der Waals surface area contributed by atoms with Crippen molar-refractivity contribution in [2.45, 2.75) is 31.9 Å². The van der Waals surface area contributed by atoms with Crippen LogP contribution in [0.4, 0.5) is 24.5 Å². The van der Waals surface area contributed by atoms with E-state index < -0.39 is 23.9 Å². The van der Waals surface area contributed by atoms with Crippen LogP contribution in [-0.4, -0.2) is 19.2 Å². The molecule has 1 aliphatic carbocycles. The fraction of sp³-hybridized carbons (Fsp3) is 0.533. The maximum absolute atomic E-state index is 12.8. The molecule has 1 aromatic carbocycles. The molecule has 122 valence electrons. The van der Waals surface area contributed by atoms with Gasteiger partial charge in [-0.2, -0.15) is 13.2 Å². The Bertz CT molecular complexity index is 546. The number of halogens is 3. The van der Waals surface area contributed by atoms with E-state index >= 15 is 0 Å². The molecule has 0 aliphatic heterocycles. The molecule has 4 nitrogen and oxygen atoms in total. The molecular formula is C15H19F3N2O2. The van der Waals surface area contributed by atoms with Crippen molar-refractivity contribution in [3.8, 4) is 5.75 Å². The van der Waals surface area contributed by atoms with Crippen molar-refractivity contribution in [3.05, 3.63) is 18.2 Å². The summed E-state index contributed by atoms with van der Waals surface area (Å²) < 4.78 is 43.4. The normalized spacial score (nSPS) is 22.2. The Kier molecular flexibility index (Phi) is 4.83. The number of nitrogens with one attached hydrogen (secondary N) is 1. The Morgan fingerprint density at radius 2 is 2.09 bits per heavy atom. The number of anilines is 2. The quantitative estimate of drug-likeness (QED) is 0.838. The van der Waals surface area contributed by atoms with Gasteiger partial charge in [-0.25, -0.2) is 0 Å². The van der Waals surface area contributed by atoms with E-state index in [0.717, 1.165) is 0 Å². The number of alkyl halides is 3. The van der Waals surface area contributed by atoms with Gasteiger partial charge in [0.05, 0.1) is 24.4 Å². The van der Waals surface area contributed by atoms with E-state index in [1.54, 1.807) is 18.2 Å². The zero-order chi connectivity index (χ0) is 16.3. The van der Waals surface area contributed by atoms with Gasteiger partial charge in [-0.15, -0.1) is 0 Å². The molecule has 1 saturated carbocycles. The van der Waals surface area contributed by atoms with Gasteiger partial charge in [-0.1, -0.05) is 6.42 Å². The van der Waals surface area contributed by atoms with E-state index in [0.29, 0.717) is 30.0 Å². The number of ether oxygens (including phenoxy) is 1. The molecule has 2 rings (SSSR count). The Hall–Kier alpha value is -1.92. The fourth-order valence-corrected chi connectivity index (χ4v) is 2.73. The van der Waals surface area contributed by atoms with Gasteiger partial charge >= 0.3 is 6.18 Å². The number of benzene rings is 1. The van der Waals surface area contributed by atoms with Crippen LogP contribution in [-0.2, 0) is 4.79 Å². The summed E-state index contributed by atoms with van der Waals surface area (Å²) in [7, 11) is 1.48. The highest BCUT2D eigenvalue weighted by atomic mass is 19.4. The Labute approximate surface area is 126 Å². The van der Waals surface area contributed by atoms with E-state index in [9.17, 15) is 18.0 Å². The van der Waals surface area contributed by atoms with Crippen molar-refractivity contribution in [2.24, 2.45) is 11.8 Å². The monoisotopic (exact) mass is 316 g/mol. The molecule has 1 aliphatic rings. The van der Waals surface area contributed by atoms with Crippen LogP contribution in [0.2, 0.25) is 0 Å². The highest BCUT2D eigenvalue weighted by Crippen LogP contribution is 2.40. The molecule has 2 unspecified atom stereocenters. The van der Waals surface area contributed by atoms with Gasteiger partial charge in [0.1, 0.15) is 5.75 Å². The third-order valence-corrected chi connectivity index (χ3v) is 4.03. The molecule has 0 radical (unpaired) electrons. The van der Waals surface area contributed by atoms with Crippen LogP contribution in [0, 0.1) is 11.8 Å². The second-order valence-electron chi connectivity index (χ2n) is 5.54. The topological polar surface area (TPSA) is 64.3 Å². The number of nitrogens with two attached hydrogens (primary N) is 1. The van der Waals surface area contributed by atoms with E-state index in [2.05, 4.69) is 5.32 Å². The van der Waals surface area contributed by atoms with Crippen LogP contribution in [0.1, 0.15) is 25.7 Å². The average Bonchev–Trinajstić information content (AvgIpc) is 2.48. The summed E-state index contributed by atoms with van der Waals surface area (Å²) >= 11 is 0. The van der Waals surface area contributed by atoms with Crippen LogP contribution < -0.4 is 15.8 Å². The smallest absolute Gasteiger partial charge is 0.391 e. The zero-order valence-electron chi connectivity index (χ0n) is 12.2. The van der Waals surface area contributed by atoms with Crippen LogP contribution in [0.25, 0.3) is 0 Å². The molecular weight excluding hydrogens is 297 g/mol. The average molecular weight is 316 g/mol. The van der Waals surface area contributed by atoms with Gasteiger partial charge in [0.15, 0.2) is 0 Å². The second kappa shape index (κ2) is 6.46. The second-order valence-corrected chi connectivity index (χ2v) is 5.54. The van der Waals surface area contributed by atoms with Crippen molar-refractivity contribution in [1.82, 2.24) is 0 Å². The molecule has 0 heterocycles. The van der Waals surface area contributed by atoms with Gasteiger partial charge in [-0.3, -0.25) is 4.79 Å². The minimum Gasteiger partial charge on any atom is -0.497 e. The number of carbonyl (C=O) groups excluding carboxylic acids is 1. The fourth-order valence-electron chi connectivity index (χ4n) is 2.73. The molecule has 0 saturated heterocycles.